The van der Waals surface area contributed by atoms with Crippen molar-refractivity contribution in [3.8, 4) is 17.3 Å². The normalized spacial score (nSPS) is 16.3. The summed E-state index contributed by atoms with van der Waals surface area (Å²) >= 11 is 0. The summed E-state index contributed by atoms with van der Waals surface area (Å²) in [7, 11) is 0. The minimum atomic E-state index is 0.0519. The average Bonchev–Trinajstić information content (AvgIpc) is 3.65. The smallest absolute Gasteiger partial charge is 0.234 e. The third-order valence-corrected chi connectivity index (χ3v) is 5.66. The highest BCUT2D eigenvalue weighted by Gasteiger charge is 2.25. The van der Waals surface area contributed by atoms with Gasteiger partial charge >= 0.3 is 0 Å². The number of nitriles is 1. The first kappa shape index (κ1) is 20.1. The number of nitrogens with zero attached hydrogens (tertiary/aromatic N) is 5. The molecular formula is C24H23N7O. The van der Waals surface area contributed by atoms with Crippen LogP contribution in [0.25, 0.3) is 11.3 Å². The second kappa shape index (κ2) is 8.73. The van der Waals surface area contributed by atoms with Gasteiger partial charge in [-0.3, -0.25) is 14.7 Å². The molecule has 0 bridgehead atoms. The van der Waals surface area contributed by atoms with Gasteiger partial charge in [0.15, 0.2) is 0 Å². The largest absolute Gasteiger partial charge is 0.354 e. The van der Waals surface area contributed by atoms with E-state index in [0.29, 0.717) is 42.8 Å². The topological polar surface area (TPSA) is 107 Å². The standard InChI is InChI=1S/C24H23N7O/c25-13-16-3-5-27-22(9-16)30-23-12-19(17-1-2-17)11-21(29-23)18-4-6-26-20(10-18)14-31-8-7-28-24(32)15-31/h3-6,9-12,17H,1-2,7-8,14-15H2,(H,28,32)(H,27,29,30). The summed E-state index contributed by atoms with van der Waals surface area (Å²) in [5, 5.41) is 15.3. The van der Waals surface area contributed by atoms with Gasteiger partial charge in [0.05, 0.1) is 29.6 Å². The number of aromatic nitrogens is 3. The number of pyridine rings is 3. The van der Waals surface area contributed by atoms with Gasteiger partial charge in [-0.05, 0) is 60.7 Å². The van der Waals surface area contributed by atoms with Crippen molar-refractivity contribution in [2.24, 2.45) is 0 Å². The first-order chi connectivity index (χ1) is 15.7. The van der Waals surface area contributed by atoms with Gasteiger partial charge in [-0.15, -0.1) is 0 Å². The number of anilines is 2. The van der Waals surface area contributed by atoms with Crippen molar-refractivity contribution in [2.75, 3.05) is 25.0 Å². The second-order valence-corrected chi connectivity index (χ2v) is 8.21. The Kier molecular flexibility index (Phi) is 5.48. The van der Waals surface area contributed by atoms with Crippen molar-refractivity contribution in [1.29, 1.82) is 5.26 Å². The van der Waals surface area contributed by atoms with Gasteiger partial charge in [0.2, 0.25) is 5.91 Å². The van der Waals surface area contributed by atoms with Crippen molar-refractivity contribution in [1.82, 2.24) is 25.2 Å². The summed E-state index contributed by atoms with van der Waals surface area (Å²) < 4.78 is 0. The molecule has 8 nitrogen and oxygen atoms in total. The number of carbonyl (C=O) groups is 1. The Balaban J connectivity index is 1.42. The highest BCUT2D eigenvalue weighted by atomic mass is 16.2. The van der Waals surface area contributed by atoms with Gasteiger partial charge in [0, 0.05) is 37.6 Å². The summed E-state index contributed by atoms with van der Waals surface area (Å²) in [4.78, 5) is 27.4. The monoisotopic (exact) mass is 425 g/mol. The van der Waals surface area contributed by atoms with Crippen molar-refractivity contribution in [3.63, 3.8) is 0 Å². The molecule has 1 amide bonds. The highest BCUT2D eigenvalue weighted by Crippen LogP contribution is 2.42. The molecular weight excluding hydrogens is 402 g/mol. The van der Waals surface area contributed by atoms with Crippen molar-refractivity contribution in [3.05, 3.63) is 65.6 Å². The molecule has 0 aromatic carbocycles. The molecule has 3 aromatic heterocycles. The van der Waals surface area contributed by atoms with E-state index in [1.807, 2.05) is 12.1 Å². The predicted molar refractivity (Wildman–Crippen MR) is 120 cm³/mol. The van der Waals surface area contributed by atoms with E-state index >= 15 is 0 Å². The van der Waals surface area contributed by atoms with Crippen LogP contribution in [0.2, 0.25) is 0 Å². The lowest BCUT2D eigenvalue weighted by Gasteiger charge is -2.26. The zero-order valence-electron chi connectivity index (χ0n) is 17.6. The van der Waals surface area contributed by atoms with Crippen LogP contribution in [0, 0.1) is 11.3 Å². The zero-order chi connectivity index (χ0) is 21.9. The van der Waals surface area contributed by atoms with Gasteiger partial charge in [-0.2, -0.15) is 5.26 Å². The van der Waals surface area contributed by atoms with Crippen molar-refractivity contribution < 1.29 is 4.79 Å². The van der Waals surface area contributed by atoms with Crippen LogP contribution in [-0.2, 0) is 11.3 Å². The summed E-state index contributed by atoms with van der Waals surface area (Å²) in [6.45, 7) is 2.50. The lowest BCUT2D eigenvalue weighted by Crippen LogP contribution is -2.47. The van der Waals surface area contributed by atoms with Gasteiger partial charge in [-0.25, -0.2) is 9.97 Å². The Morgan fingerprint density at radius 3 is 2.81 bits per heavy atom. The van der Waals surface area contributed by atoms with Crippen LogP contribution in [0.4, 0.5) is 11.6 Å². The van der Waals surface area contributed by atoms with Crippen molar-refractivity contribution >= 4 is 17.5 Å². The maximum Gasteiger partial charge on any atom is 0.234 e. The van der Waals surface area contributed by atoms with E-state index < -0.39 is 0 Å². The number of rotatable bonds is 6. The molecule has 1 aliphatic heterocycles. The number of hydrogen-bond donors (Lipinski definition) is 2. The second-order valence-electron chi connectivity index (χ2n) is 8.21. The first-order valence-corrected chi connectivity index (χ1v) is 10.8. The summed E-state index contributed by atoms with van der Waals surface area (Å²) in [5.41, 5.74) is 4.56. The van der Waals surface area contributed by atoms with E-state index in [2.05, 4.69) is 43.7 Å². The van der Waals surface area contributed by atoms with Gasteiger partial charge in [0.25, 0.3) is 0 Å². The highest BCUT2D eigenvalue weighted by molar-refractivity contribution is 5.78. The van der Waals surface area contributed by atoms with Crippen molar-refractivity contribution in [2.45, 2.75) is 25.3 Å². The Bertz CT molecular complexity index is 1200. The number of amides is 1. The fourth-order valence-corrected chi connectivity index (χ4v) is 3.90. The fraction of sp³-hybridized carbons (Fsp3) is 0.292. The molecule has 1 saturated heterocycles. The third kappa shape index (κ3) is 4.74. The number of nitrogens with one attached hydrogen (secondary N) is 2. The molecule has 0 unspecified atom stereocenters. The molecule has 2 N–H and O–H groups in total. The minimum Gasteiger partial charge on any atom is -0.354 e. The van der Waals surface area contributed by atoms with Crippen LogP contribution in [0.3, 0.4) is 0 Å². The molecule has 160 valence electrons. The lowest BCUT2D eigenvalue weighted by atomic mass is 10.1. The molecule has 0 atom stereocenters. The molecule has 0 spiro atoms. The number of piperazine rings is 1. The average molecular weight is 425 g/mol. The van der Waals surface area contributed by atoms with E-state index in [9.17, 15) is 4.79 Å². The Hall–Kier alpha value is -3.83. The molecule has 2 aliphatic rings. The molecule has 1 aliphatic carbocycles. The van der Waals surface area contributed by atoms with Crippen LogP contribution in [0.5, 0.6) is 0 Å². The quantitative estimate of drug-likeness (QED) is 0.625. The summed E-state index contributed by atoms with van der Waals surface area (Å²) in [6, 6.07) is 13.7. The molecule has 1 saturated carbocycles. The molecule has 32 heavy (non-hydrogen) atoms. The zero-order valence-corrected chi connectivity index (χ0v) is 17.6. The molecule has 0 radical (unpaired) electrons. The van der Waals surface area contributed by atoms with Gasteiger partial charge < -0.3 is 10.6 Å². The van der Waals surface area contributed by atoms with Crippen LogP contribution in [-0.4, -0.2) is 45.4 Å². The Morgan fingerprint density at radius 1 is 1.12 bits per heavy atom. The van der Waals surface area contributed by atoms with Gasteiger partial charge in [-0.1, -0.05) is 0 Å². The SMILES string of the molecule is N#Cc1ccnc(Nc2cc(C3CC3)cc(-c3ccnc(CN4CCNC(=O)C4)c3)n2)c1. The fourth-order valence-electron chi connectivity index (χ4n) is 3.90. The Labute approximate surface area is 186 Å². The first-order valence-electron chi connectivity index (χ1n) is 10.8. The molecule has 5 rings (SSSR count). The van der Waals surface area contributed by atoms with Crippen LogP contribution >= 0.6 is 0 Å². The van der Waals surface area contributed by atoms with Crippen LogP contribution in [0.15, 0.2) is 48.8 Å². The van der Waals surface area contributed by atoms with Crippen LogP contribution < -0.4 is 10.6 Å². The van der Waals surface area contributed by atoms with E-state index in [4.69, 9.17) is 10.2 Å². The van der Waals surface area contributed by atoms with E-state index in [0.717, 1.165) is 23.5 Å². The maximum absolute atomic E-state index is 11.7. The van der Waals surface area contributed by atoms with E-state index in [-0.39, 0.29) is 5.91 Å². The lowest BCUT2D eigenvalue weighted by molar-refractivity contribution is -0.124. The Morgan fingerprint density at radius 2 is 2.00 bits per heavy atom. The van der Waals surface area contributed by atoms with Crippen LogP contribution in [0.1, 0.15) is 35.6 Å². The van der Waals surface area contributed by atoms with E-state index in [1.165, 1.54) is 18.4 Å². The van der Waals surface area contributed by atoms with Gasteiger partial charge in [0.1, 0.15) is 11.6 Å². The number of carbonyl (C=O) groups excluding carboxylic acids is 1. The molecule has 4 heterocycles. The molecule has 3 aromatic rings. The predicted octanol–water partition coefficient (Wildman–Crippen LogP) is 2.96. The third-order valence-electron chi connectivity index (χ3n) is 5.66. The number of hydrogen-bond acceptors (Lipinski definition) is 7. The minimum absolute atomic E-state index is 0.0519. The summed E-state index contributed by atoms with van der Waals surface area (Å²) in [5.74, 6) is 1.91. The molecule has 2 fully saturated rings. The molecule has 8 heteroatoms. The maximum atomic E-state index is 11.7. The summed E-state index contributed by atoms with van der Waals surface area (Å²) in [6.07, 6.45) is 5.78. The van der Waals surface area contributed by atoms with E-state index in [1.54, 1.807) is 24.5 Å².